The first kappa shape index (κ1) is 20.4. The summed E-state index contributed by atoms with van der Waals surface area (Å²) >= 11 is 0. The van der Waals surface area contributed by atoms with Crippen molar-refractivity contribution in [3.05, 3.63) is 53.0 Å². The van der Waals surface area contributed by atoms with Crippen molar-refractivity contribution in [2.45, 2.75) is 38.8 Å². The zero-order valence-corrected chi connectivity index (χ0v) is 16.9. The maximum Gasteiger partial charge on any atom is 0.341 e. The number of nitrogens with one attached hydrogen (secondary N) is 1. The molecule has 2 aromatic rings. The molecule has 0 radical (unpaired) electrons. The van der Waals surface area contributed by atoms with Gasteiger partial charge in [0.2, 0.25) is 0 Å². The summed E-state index contributed by atoms with van der Waals surface area (Å²) < 4.78 is 15.4. The molecule has 3 rings (SSSR count). The lowest BCUT2D eigenvalue weighted by Crippen LogP contribution is -2.44. The monoisotopic (exact) mass is 400 g/mol. The molecule has 0 unspecified atom stereocenters. The number of esters is 1. The summed E-state index contributed by atoms with van der Waals surface area (Å²) in [6.07, 6.45) is 1.07. The van der Waals surface area contributed by atoms with Crippen LogP contribution in [0, 0.1) is 6.92 Å². The van der Waals surface area contributed by atoms with Gasteiger partial charge in [-0.1, -0.05) is 12.1 Å². The van der Waals surface area contributed by atoms with Gasteiger partial charge in [0.25, 0.3) is 5.91 Å². The van der Waals surface area contributed by atoms with Crippen LogP contribution in [0.4, 0.5) is 4.79 Å². The van der Waals surface area contributed by atoms with Crippen LogP contribution in [-0.4, -0.2) is 42.6 Å². The van der Waals surface area contributed by atoms with Crippen molar-refractivity contribution in [2.75, 3.05) is 14.2 Å². The van der Waals surface area contributed by atoms with Crippen LogP contribution in [0.5, 0.6) is 5.75 Å². The minimum atomic E-state index is -1.01. The van der Waals surface area contributed by atoms with Crippen molar-refractivity contribution in [1.82, 2.24) is 10.2 Å². The summed E-state index contributed by atoms with van der Waals surface area (Å²) in [5.74, 6) is 0.618. The Kier molecular flexibility index (Phi) is 5.63. The highest BCUT2D eigenvalue weighted by Gasteiger charge is 2.47. The van der Waals surface area contributed by atoms with Gasteiger partial charge in [0.15, 0.2) is 0 Å². The summed E-state index contributed by atoms with van der Waals surface area (Å²) in [7, 11) is 2.88. The van der Waals surface area contributed by atoms with E-state index in [0.717, 1.165) is 16.2 Å². The molecule has 1 saturated heterocycles. The van der Waals surface area contributed by atoms with Crippen molar-refractivity contribution in [3.63, 3.8) is 0 Å². The Morgan fingerprint density at radius 2 is 1.90 bits per heavy atom. The summed E-state index contributed by atoms with van der Waals surface area (Å²) in [6, 6.07) is 8.59. The number of hydrogen-bond donors (Lipinski definition) is 1. The second kappa shape index (κ2) is 7.98. The van der Waals surface area contributed by atoms with Crippen LogP contribution < -0.4 is 10.1 Å². The summed E-state index contributed by atoms with van der Waals surface area (Å²) in [4.78, 5) is 38.2. The Bertz CT molecular complexity index is 933. The number of ether oxygens (including phenoxy) is 2. The second-order valence-electron chi connectivity index (χ2n) is 7.18. The summed E-state index contributed by atoms with van der Waals surface area (Å²) in [6.45, 7) is 3.28. The van der Waals surface area contributed by atoms with E-state index in [1.807, 2.05) is 24.3 Å². The quantitative estimate of drug-likeness (QED) is 0.567. The van der Waals surface area contributed by atoms with E-state index < -0.39 is 17.5 Å². The van der Waals surface area contributed by atoms with Crippen LogP contribution in [0.2, 0.25) is 0 Å². The second-order valence-corrected chi connectivity index (χ2v) is 7.18. The first-order valence-corrected chi connectivity index (χ1v) is 9.22. The number of hydrogen-bond acceptors (Lipinski definition) is 6. The van der Waals surface area contributed by atoms with Gasteiger partial charge < -0.3 is 19.2 Å². The smallest absolute Gasteiger partial charge is 0.341 e. The number of carbonyl (C=O) groups excluding carboxylic acids is 3. The highest BCUT2D eigenvalue weighted by molar-refractivity contribution is 6.06. The minimum absolute atomic E-state index is 0.0549. The first-order chi connectivity index (χ1) is 13.8. The van der Waals surface area contributed by atoms with Gasteiger partial charge in [0, 0.05) is 0 Å². The number of rotatable bonds is 7. The number of urea groups is 1. The average Bonchev–Trinajstić information content (AvgIpc) is 3.18. The van der Waals surface area contributed by atoms with Gasteiger partial charge in [-0.15, -0.1) is 0 Å². The molecule has 1 aliphatic rings. The van der Waals surface area contributed by atoms with Gasteiger partial charge in [0.05, 0.1) is 20.8 Å². The van der Waals surface area contributed by atoms with Gasteiger partial charge in [-0.05, 0) is 50.5 Å². The predicted molar refractivity (Wildman–Crippen MR) is 104 cm³/mol. The van der Waals surface area contributed by atoms with Crippen molar-refractivity contribution < 1.29 is 28.3 Å². The molecule has 1 N–H and O–H groups in total. The molecule has 8 nitrogen and oxygen atoms in total. The highest BCUT2D eigenvalue weighted by Crippen LogP contribution is 2.26. The third kappa shape index (κ3) is 4.11. The largest absolute Gasteiger partial charge is 0.497 e. The van der Waals surface area contributed by atoms with Crippen molar-refractivity contribution in [3.8, 4) is 5.75 Å². The first-order valence-electron chi connectivity index (χ1n) is 9.22. The fourth-order valence-corrected chi connectivity index (χ4v) is 3.34. The Morgan fingerprint density at radius 3 is 2.52 bits per heavy atom. The lowest BCUT2D eigenvalue weighted by molar-refractivity contribution is -0.131. The van der Waals surface area contributed by atoms with Gasteiger partial charge >= 0.3 is 12.0 Å². The Hall–Kier alpha value is -3.29. The van der Waals surface area contributed by atoms with E-state index in [9.17, 15) is 14.4 Å². The number of methoxy groups -OCH3 is 2. The summed E-state index contributed by atoms with van der Waals surface area (Å²) in [5.41, 5.74) is 0.304. The topological polar surface area (TPSA) is 98.1 Å². The Morgan fingerprint density at radius 1 is 1.21 bits per heavy atom. The maximum absolute atomic E-state index is 12.9. The molecule has 1 aromatic carbocycles. The van der Waals surface area contributed by atoms with E-state index in [2.05, 4.69) is 5.32 Å². The van der Waals surface area contributed by atoms with Crippen LogP contribution in [0.3, 0.4) is 0 Å². The lowest BCUT2D eigenvalue weighted by atomic mass is 9.93. The average molecular weight is 400 g/mol. The maximum atomic E-state index is 12.9. The lowest BCUT2D eigenvalue weighted by Gasteiger charge is -2.21. The zero-order valence-electron chi connectivity index (χ0n) is 16.9. The van der Waals surface area contributed by atoms with Crippen LogP contribution in [0.15, 0.2) is 34.7 Å². The molecule has 1 atom stereocenters. The molecule has 0 aliphatic carbocycles. The number of benzene rings is 1. The molecule has 1 aromatic heterocycles. The van der Waals surface area contributed by atoms with Gasteiger partial charge in [-0.3, -0.25) is 9.69 Å². The standard InChI is InChI=1S/C21H24N2O6/c1-13-17(18(24)28-4)11-16(29-13)12-23-19(25)21(2,22-20(23)26)10-9-14-5-7-15(27-3)8-6-14/h5-8,11H,9-10,12H2,1-4H3,(H,22,26)/t21-/m0/s1. The van der Waals surface area contributed by atoms with E-state index >= 15 is 0 Å². The van der Waals surface area contributed by atoms with Gasteiger partial charge in [-0.25, -0.2) is 9.59 Å². The molecule has 1 fully saturated rings. The zero-order chi connectivity index (χ0) is 21.2. The number of imide groups is 1. The van der Waals surface area contributed by atoms with Crippen molar-refractivity contribution >= 4 is 17.9 Å². The molecule has 3 amide bonds. The molecule has 0 bridgehead atoms. The highest BCUT2D eigenvalue weighted by atomic mass is 16.5. The van der Waals surface area contributed by atoms with E-state index in [1.165, 1.54) is 13.2 Å². The van der Waals surface area contributed by atoms with Crippen LogP contribution in [-0.2, 0) is 22.5 Å². The van der Waals surface area contributed by atoms with E-state index in [0.29, 0.717) is 24.4 Å². The van der Waals surface area contributed by atoms with Crippen LogP contribution in [0.1, 0.15) is 40.8 Å². The SMILES string of the molecule is COC(=O)c1cc(CN2C(=O)N[C@@](C)(CCc3ccc(OC)cc3)C2=O)oc1C. The van der Waals surface area contributed by atoms with Crippen LogP contribution in [0.25, 0.3) is 0 Å². The molecule has 29 heavy (non-hydrogen) atoms. The normalized spacial score (nSPS) is 18.7. The Balaban J connectivity index is 1.69. The van der Waals surface area contributed by atoms with E-state index in [4.69, 9.17) is 13.9 Å². The molecule has 8 heteroatoms. The number of furan rings is 1. The van der Waals surface area contributed by atoms with E-state index in [-0.39, 0.29) is 18.0 Å². The minimum Gasteiger partial charge on any atom is -0.497 e. The molecule has 1 aliphatic heterocycles. The van der Waals surface area contributed by atoms with Crippen LogP contribution >= 0.6 is 0 Å². The number of carbonyl (C=O) groups is 3. The van der Waals surface area contributed by atoms with E-state index in [1.54, 1.807) is 21.0 Å². The van der Waals surface area contributed by atoms with Gasteiger partial charge in [-0.2, -0.15) is 0 Å². The van der Waals surface area contributed by atoms with Gasteiger partial charge in [0.1, 0.15) is 28.4 Å². The summed E-state index contributed by atoms with van der Waals surface area (Å²) in [5, 5.41) is 2.78. The Labute approximate surface area is 168 Å². The fraction of sp³-hybridized carbons (Fsp3) is 0.381. The third-order valence-electron chi connectivity index (χ3n) is 5.11. The third-order valence-corrected chi connectivity index (χ3v) is 5.11. The van der Waals surface area contributed by atoms with Crippen molar-refractivity contribution in [1.29, 1.82) is 0 Å². The number of nitrogens with zero attached hydrogens (tertiary/aromatic N) is 1. The molecular weight excluding hydrogens is 376 g/mol. The molecule has 0 saturated carbocycles. The predicted octanol–water partition coefficient (Wildman–Crippen LogP) is 2.83. The molecule has 0 spiro atoms. The number of amides is 3. The van der Waals surface area contributed by atoms with Crippen molar-refractivity contribution in [2.24, 2.45) is 0 Å². The molecule has 154 valence electrons. The molecular formula is C21H24N2O6. The fourth-order valence-electron chi connectivity index (χ4n) is 3.34. The molecule has 2 heterocycles. The number of aryl methyl sites for hydroxylation is 2.